The van der Waals surface area contributed by atoms with Crippen molar-refractivity contribution in [2.45, 2.75) is 11.1 Å². The van der Waals surface area contributed by atoms with Gasteiger partial charge in [0.1, 0.15) is 0 Å². The topological polar surface area (TPSA) is 123 Å². The van der Waals surface area contributed by atoms with Gasteiger partial charge in [-0.15, -0.1) is 5.10 Å². The highest BCUT2D eigenvalue weighted by Gasteiger charge is 2.34. The number of nitrogens with two attached hydrogens (primary N) is 2. The van der Waals surface area contributed by atoms with E-state index in [1.807, 2.05) is 10.3 Å². The van der Waals surface area contributed by atoms with Gasteiger partial charge >= 0.3 is 6.18 Å². The van der Waals surface area contributed by atoms with E-state index in [9.17, 15) is 21.6 Å². The van der Waals surface area contributed by atoms with E-state index in [-0.39, 0.29) is 16.3 Å². The van der Waals surface area contributed by atoms with Crippen molar-refractivity contribution in [3.8, 4) is 0 Å². The Morgan fingerprint density at radius 3 is 2.40 bits per heavy atom. The molecule has 0 fully saturated rings. The largest absolute Gasteiger partial charge is 0.418 e. The lowest BCUT2D eigenvalue weighted by atomic mass is 10.2. The Bertz CT molecular complexity index is 897. The summed E-state index contributed by atoms with van der Waals surface area (Å²) in [4.78, 5) is -0.280. The highest BCUT2D eigenvalue weighted by Crippen LogP contribution is 2.35. The number of nitrogens with one attached hydrogen (secondary N) is 2. The number of nitrogens with zero attached hydrogens (tertiary/aromatic N) is 1. The molecule has 0 amide bonds. The zero-order chi connectivity index (χ0) is 18.7. The summed E-state index contributed by atoms with van der Waals surface area (Å²) in [5.41, 5.74) is 6.11. The Morgan fingerprint density at radius 2 is 1.76 bits per heavy atom. The fourth-order valence-electron chi connectivity index (χ4n) is 1.98. The molecule has 6 N–H and O–H groups in total. The predicted octanol–water partition coefficient (Wildman–Crippen LogP) is 1.59. The summed E-state index contributed by atoms with van der Waals surface area (Å²) in [6.45, 7) is 0. The number of amidine groups is 1. The molecule has 0 saturated heterocycles. The maximum atomic E-state index is 13.0. The second kappa shape index (κ2) is 6.99. The average Bonchev–Trinajstić information content (AvgIpc) is 2.54. The monoisotopic (exact) mass is 373 g/mol. The van der Waals surface area contributed by atoms with Crippen LogP contribution in [0.15, 0.2) is 58.5 Å². The van der Waals surface area contributed by atoms with E-state index >= 15 is 0 Å². The van der Waals surface area contributed by atoms with Crippen LogP contribution in [0.1, 0.15) is 11.1 Å². The number of rotatable bonds is 5. The van der Waals surface area contributed by atoms with Crippen LogP contribution >= 0.6 is 0 Å². The average molecular weight is 373 g/mol. The standard InChI is InChI=1S/C14H14F3N5O2S/c15-14(16,17)11-6-1-2-7-12(11)21-25(23,24)10-5-3-4-9(8-10)13(18)20-22-19/h1-8,21-22H,19H2,(H2,18,20). The Morgan fingerprint density at radius 1 is 1.08 bits per heavy atom. The van der Waals surface area contributed by atoms with Gasteiger partial charge in [-0.2, -0.15) is 13.2 Å². The second-order valence-electron chi connectivity index (χ2n) is 4.80. The molecule has 0 heterocycles. The van der Waals surface area contributed by atoms with Gasteiger partial charge in [-0.25, -0.2) is 19.8 Å². The molecule has 0 aromatic heterocycles. The normalized spacial score (nSPS) is 12.7. The van der Waals surface area contributed by atoms with Gasteiger partial charge in [0, 0.05) is 5.56 Å². The second-order valence-corrected chi connectivity index (χ2v) is 6.49. The summed E-state index contributed by atoms with van der Waals surface area (Å²) in [7, 11) is -4.28. The Labute approximate surface area is 141 Å². The van der Waals surface area contributed by atoms with Gasteiger partial charge in [0.05, 0.1) is 16.1 Å². The molecule has 0 aliphatic heterocycles. The third kappa shape index (κ3) is 4.39. The Balaban J connectivity index is 2.42. The highest BCUT2D eigenvalue weighted by molar-refractivity contribution is 7.92. The molecule has 2 rings (SSSR count). The van der Waals surface area contributed by atoms with E-state index in [2.05, 4.69) is 5.10 Å². The van der Waals surface area contributed by atoms with Crippen molar-refractivity contribution in [3.63, 3.8) is 0 Å². The smallest absolute Gasteiger partial charge is 0.382 e. The third-order valence-corrected chi connectivity index (χ3v) is 4.47. The number of benzene rings is 2. The lowest BCUT2D eigenvalue weighted by molar-refractivity contribution is -0.136. The summed E-state index contributed by atoms with van der Waals surface area (Å²) in [5, 5.41) is 3.51. The zero-order valence-electron chi connectivity index (χ0n) is 12.6. The molecule has 0 bridgehead atoms. The summed E-state index contributed by atoms with van der Waals surface area (Å²) in [6, 6.07) is 9.49. The van der Waals surface area contributed by atoms with E-state index in [1.54, 1.807) is 0 Å². The molecule has 0 aliphatic rings. The van der Waals surface area contributed by atoms with Crippen LogP contribution < -0.4 is 21.8 Å². The van der Waals surface area contributed by atoms with Crippen molar-refractivity contribution in [1.29, 1.82) is 0 Å². The molecule has 7 nitrogen and oxygen atoms in total. The molecule has 11 heteroatoms. The summed E-state index contributed by atoms with van der Waals surface area (Å²) in [5.74, 6) is 4.91. The molecule has 0 unspecified atom stereocenters. The SMILES string of the molecule is NN/N=C(\N)c1cccc(S(=O)(=O)Nc2ccccc2C(F)(F)F)c1. The molecular formula is C14H14F3N5O2S. The summed E-state index contributed by atoms with van der Waals surface area (Å²) >= 11 is 0. The lowest BCUT2D eigenvalue weighted by Crippen LogP contribution is -2.23. The maximum Gasteiger partial charge on any atom is 0.418 e. The first-order chi connectivity index (χ1) is 11.6. The van der Waals surface area contributed by atoms with Crippen LogP contribution in [-0.4, -0.2) is 14.3 Å². The maximum absolute atomic E-state index is 13.0. The van der Waals surface area contributed by atoms with Gasteiger partial charge in [-0.1, -0.05) is 24.3 Å². The van der Waals surface area contributed by atoms with Crippen LogP contribution in [0.3, 0.4) is 0 Å². The number of alkyl halides is 3. The summed E-state index contributed by atoms with van der Waals surface area (Å²) < 4.78 is 65.8. The molecule has 0 saturated carbocycles. The Hall–Kier alpha value is -2.79. The van der Waals surface area contributed by atoms with Crippen LogP contribution in [0.2, 0.25) is 0 Å². The first-order valence-electron chi connectivity index (χ1n) is 6.73. The quantitative estimate of drug-likeness (QED) is 0.274. The predicted molar refractivity (Wildman–Crippen MR) is 86.7 cm³/mol. The van der Waals surface area contributed by atoms with E-state index in [1.165, 1.54) is 24.3 Å². The van der Waals surface area contributed by atoms with Crippen molar-refractivity contribution < 1.29 is 21.6 Å². The minimum atomic E-state index is -4.70. The fraction of sp³-hybridized carbons (Fsp3) is 0.0714. The molecule has 0 radical (unpaired) electrons. The molecule has 0 atom stereocenters. The molecule has 2 aromatic carbocycles. The molecule has 134 valence electrons. The first kappa shape index (κ1) is 18.5. The Kier molecular flexibility index (Phi) is 5.18. The number of sulfonamides is 1. The van der Waals surface area contributed by atoms with Gasteiger partial charge < -0.3 is 5.73 Å². The molecule has 0 aliphatic carbocycles. The number of hydrogen-bond donors (Lipinski definition) is 4. The van der Waals surface area contributed by atoms with Gasteiger partial charge in [-0.05, 0) is 24.3 Å². The minimum Gasteiger partial charge on any atom is -0.382 e. The fourth-order valence-corrected chi connectivity index (χ4v) is 3.10. The number of para-hydroxylation sites is 1. The zero-order valence-corrected chi connectivity index (χ0v) is 13.4. The van der Waals surface area contributed by atoms with Crippen LogP contribution in [0.4, 0.5) is 18.9 Å². The highest BCUT2D eigenvalue weighted by atomic mass is 32.2. The number of hydrazone groups is 1. The van der Waals surface area contributed by atoms with E-state index in [0.717, 1.165) is 24.3 Å². The molecule has 25 heavy (non-hydrogen) atoms. The molecule has 0 spiro atoms. The van der Waals surface area contributed by atoms with E-state index in [4.69, 9.17) is 11.6 Å². The van der Waals surface area contributed by atoms with Gasteiger partial charge in [0.2, 0.25) is 0 Å². The molecular weight excluding hydrogens is 359 g/mol. The van der Waals surface area contributed by atoms with Crippen LogP contribution in [0.25, 0.3) is 0 Å². The number of hydrogen-bond acceptors (Lipinski definition) is 5. The lowest BCUT2D eigenvalue weighted by Gasteiger charge is -2.15. The van der Waals surface area contributed by atoms with Crippen LogP contribution in [0.5, 0.6) is 0 Å². The van der Waals surface area contributed by atoms with Crippen LogP contribution in [0, 0.1) is 0 Å². The van der Waals surface area contributed by atoms with Gasteiger partial charge in [-0.3, -0.25) is 4.72 Å². The third-order valence-electron chi connectivity index (χ3n) is 3.10. The van der Waals surface area contributed by atoms with E-state index < -0.39 is 27.5 Å². The first-order valence-corrected chi connectivity index (χ1v) is 8.21. The van der Waals surface area contributed by atoms with Crippen LogP contribution in [-0.2, 0) is 16.2 Å². The van der Waals surface area contributed by atoms with Crippen molar-refractivity contribution in [2.75, 3.05) is 4.72 Å². The van der Waals surface area contributed by atoms with Gasteiger partial charge in [0.15, 0.2) is 5.84 Å². The van der Waals surface area contributed by atoms with Crippen molar-refractivity contribution in [3.05, 3.63) is 59.7 Å². The van der Waals surface area contributed by atoms with Crippen molar-refractivity contribution >= 4 is 21.5 Å². The van der Waals surface area contributed by atoms with Crippen molar-refractivity contribution in [2.24, 2.45) is 16.7 Å². The summed E-state index contributed by atoms with van der Waals surface area (Å²) in [6.07, 6.45) is -4.70. The molecule has 2 aromatic rings. The minimum absolute atomic E-state index is 0.0877. The van der Waals surface area contributed by atoms with Crippen molar-refractivity contribution in [1.82, 2.24) is 5.53 Å². The number of halogens is 3. The van der Waals surface area contributed by atoms with Gasteiger partial charge in [0.25, 0.3) is 10.0 Å². The number of anilines is 1. The van der Waals surface area contributed by atoms with E-state index in [0.29, 0.717) is 0 Å². The number of hydrazine groups is 1.